The number of nitrogens with zero attached hydrogens (tertiary/aromatic N) is 3. The molecule has 2 aromatic heterocycles. The SMILES string of the molecule is CSc1ncc(Cl)c(C(=O)Oc2cccc3ccc(C)nc23)n1. The summed E-state index contributed by atoms with van der Waals surface area (Å²) in [5, 5.41) is 1.49. The maximum atomic E-state index is 12.4. The first kappa shape index (κ1) is 15.7. The lowest BCUT2D eigenvalue weighted by Gasteiger charge is -2.08. The van der Waals surface area contributed by atoms with Gasteiger partial charge in [0.05, 0.1) is 11.2 Å². The summed E-state index contributed by atoms with van der Waals surface area (Å²) < 4.78 is 5.46. The Hall–Kier alpha value is -2.18. The summed E-state index contributed by atoms with van der Waals surface area (Å²) in [6.45, 7) is 1.88. The minimum Gasteiger partial charge on any atom is -0.419 e. The van der Waals surface area contributed by atoms with Crippen molar-refractivity contribution in [2.24, 2.45) is 0 Å². The van der Waals surface area contributed by atoms with Gasteiger partial charge in [-0.25, -0.2) is 19.7 Å². The number of benzene rings is 1. The molecular formula is C16H12ClN3O2S. The molecule has 0 saturated carbocycles. The van der Waals surface area contributed by atoms with E-state index in [1.165, 1.54) is 18.0 Å². The van der Waals surface area contributed by atoms with Crippen LogP contribution in [0.4, 0.5) is 0 Å². The van der Waals surface area contributed by atoms with E-state index >= 15 is 0 Å². The molecule has 0 unspecified atom stereocenters. The monoisotopic (exact) mass is 345 g/mol. The second-order valence-corrected chi connectivity index (χ2v) is 5.90. The highest BCUT2D eigenvalue weighted by Crippen LogP contribution is 2.26. The average molecular weight is 346 g/mol. The van der Waals surface area contributed by atoms with E-state index in [2.05, 4.69) is 15.0 Å². The first-order valence-corrected chi connectivity index (χ1v) is 8.34. The highest BCUT2D eigenvalue weighted by Gasteiger charge is 2.18. The molecule has 0 spiro atoms. The minimum absolute atomic E-state index is 0.0377. The number of para-hydroxylation sites is 1. The van der Waals surface area contributed by atoms with Gasteiger partial charge in [0, 0.05) is 11.1 Å². The Labute approximate surface area is 142 Å². The van der Waals surface area contributed by atoms with Crippen LogP contribution in [0, 0.1) is 6.92 Å². The van der Waals surface area contributed by atoms with Crippen LogP contribution in [0.5, 0.6) is 5.75 Å². The van der Waals surface area contributed by atoms with Crippen molar-refractivity contribution < 1.29 is 9.53 Å². The maximum absolute atomic E-state index is 12.4. The molecule has 0 aliphatic heterocycles. The number of hydrogen-bond donors (Lipinski definition) is 0. The molecule has 3 aromatic rings. The standard InChI is InChI=1S/C16H12ClN3O2S/c1-9-6-7-10-4-3-5-12(13(10)19-9)22-15(21)14-11(17)8-18-16(20-14)23-2/h3-8H,1-2H3. The smallest absolute Gasteiger partial charge is 0.364 e. The zero-order chi connectivity index (χ0) is 16.4. The minimum atomic E-state index is -0.636. The predicted octanol–water partition coefficient (Wildman–Crippen LogP) is 3.93. The summed E-state index contributed by atoms with van der Waals surface area (Å²) in [6, 6.07) is 9.23. The number of aryl methyl sites for hydroxylation is 1. The Balaban J connectivity index is 1.99. The van der Waals surface area contributed by atoms with Crippen LogP contribution >= 0.6 is 23.4 Å². The van der Waals surface area contributed by atoms with E-state index < -0.39 is 5.97 Å². The fraction of sp³-hybridized carbons (Fsp3) is 0.125. The molecule has 0 atom stereocenters. The second kappa shape index (κ2) is 6.52. The third-order valence-electron chi connectivity index (χ3n) is 3.12. The lowest BCUT2D eigenvalue weighted by Crippen LogP contribution is -2.12. The van der Waals surface area contributed by atoms with Crippen molar-refractivity contribution in [2.45, 2.75) is 12.1 Å². The Morgan fingerprint density at radius 3 is 2.83 bits per heavy atom. The molecule has 0 aliphatic rings. The molecule has 0 amide bonds. The van der Waals surface area contributed by atoms with Crippen LogP contribution in [0.2, 0.25) is 5.02 Å². The third-order valence-corrected chi connectivity index (χ3v) is 3.96. The van der Waals surface area contributed by atoms with Crippen molar-refractivity contribution in [3.8, 4) is 5.75 Å². The number of carbonyl (C=O) groups is 1. The van der Waals surface area contributed by atoms with Crippen LogP contribution in [0.3, 0.4) is 0 Å². The summed E-state index contributed by atoms with van der Waals surface area (Å²) >= 11 is 7.33. The zero-order valence-corrected chi connectivity index (χ0v) is 14.0. The number of hydrogen-bond acceptors (Lipinski definition) is 6. The Morgan fingerprint density at radius 1 is 1.22 bits per heavy atom. The van der Waals surface area contributed by atoms with E-state index in [0.717, 1.165) is 11.1 Å². The van der Waals surface area contributed by atoms with Crippen LogP contribution in [-0.2, 0) is 0 Å². The van der Waals surface area contributed by atoms with Gasteiger partial charge in [-0.3, -0.25) is 0 Å². The molecule has 3 rings (SSSR count). The molecule has 0 aliphatic carbocycles. The van der Waals surface area contributed by atoms with E-state index in [0.29, 0.717) is 16.4 Å². The quantitative estimate of drug-likeness (QED) is 0.310. The lowest BCUT2D eigenvalue weighted by atomic mass is 10.2. The molecule has 1 aromatic carbocycles. The van der Waals surface area contributed by atoms with Crippen LogP contribution in [0.1, 0.15) is 16.2 Å². The topological polar surface area (TPSA) is 65.0 Å². The number of pyridine rings is 1. The van der Waals surface area contributed by atoms with Gasteiger partial charge < -0.3 is 4.74 Å². The number of carbonyl (C=O) groups excluding carboxylic acids is 1. The van der Waals surface area contributed by atoms with E-state index in [9.17, 15) is 4.79 Å². The van der Waals surface area contributed by atoms with Crippen LogP contribution < -0.4 is 4.74 Å². The Morgan fingerprint density at radius 2 is 2.04 bits per heavy atom. The van der Waals surface area contributed by atoms with Crippen molar-refractivity contribution in [3.63, 3.8) is 0 Å². The zero-order valence-electron chi connectivity index (χ0n) is 12.4. The lowest BCUT2D eigenvalue weighted by molar-refractivity contribution is 0.0729. The molecule has 116 valence electrons. The Kier molecular flexibility index (Phi) is 4.45. The largest absolute Gasteiger partial charge is 0.419 e. The van der Waals surface area contributed by atoms with Gasteiger partial charge in [-0.05, 0) is 25.3 Å². The van der Waals surface area contributed by atoms with E-state index in [1.54, 1.807) is 12.1 Å². The summed E-state index contributed by atoms with van der Waals surface area (Å²) in [5.74, 6) is -0.264. The van der Waals surface area contributed by atoms with Crippen molar-refractivity contribution in [1.29, 1.82) is 0 Å². The number of aromatic nitrogens is 3. The highest BCUT2D eigenvalue weighted by molar-refractivity contribution is 7.98. The van der Waals surface area contributed by atoms with Crippen LogP contribution in [0.15, 0.2) is 41.7 Å². The van der Waals surface area contributed by atoms with Crippen LogP contribution in [0.25, 0.3) is 10.9 Å². The molecule has 0 fully saturated rings. The molecule has 0 bridgehead atoms. The summed E-state index contributed by atoms with van der Waals surface area (Å²) in [7, 11) is 0. The number of esters is 1. The average Bonchev–Trinajstić information content (AvgIpc) is 2.55. The predicted molar refractivity (Wildman–Crippen MR) is 90.3 cm³/mol. The van der Waals surface area contributed by atoms with Gasteiger partial charge in [-0.1, -0.05) is 41.6 Å². The summed E-state index contributed by atoms with van der Waals surface area (Å²) in [6.07, 6.45) is 3.21. The first-order chi connectivity index (χ1) is 11.1. The van der Waals surface area contributed by atoms with Crippen molar-refractivity contribution in [3.05, 3.63) is 52.9 Å². The van der Waals surface area contributed by atoms with Gasteiger partial charge in [-0.15, -0.1) is 0 Å². The van der Waals surface area contributed by atoms with Gasteiger partial charge in [0.1, 0.15) is 5.52 Å². The van der Waals surface area contributed by atoms with Crippen molar-refractivity contribution in [2.75, 3.05) is 6.26 Å². The van der Waals surface area contributed by atoms with Crippen molar-refractivity contribution >= 4 is 40.2 Å². The molecule has 23 heavy (non-hydrogen) atoms. The van der Waals surface area contributed by atoms with E-state index in [1.807, 2.05) is 31.4 Å². The molecule has 0 saturated heterocycles. The van der Waals surface area contributed by atoms with Gasteiger partial charge in [0.25, 0.3) is 0 Å². The summed E-state index contributed by atoms with van der Waals surface area (Å²) in [4.78, 5) is 24.9. The van der Waals surface area contributed by atoms with Gasteiger partial charge in [0.2, 0.25) is 0 Å². The van der Waals surface area contributed by atoms with E-state index in [4.69, 9.17) is 16.3 Å². The molecule has 0 radical (unpaired) electrons. The number of thioether (sulfide) groups is 1. The van der Waals surface area contributed by atoms with Crippen molar-refractivity contribution in [1.82, 2.24) is 15.0 Å². The van der Waals surface area contributed by atoms with Crippen LogP contribution in [-0.4, -0.2) is 27.2 Å². The fourth-order valence-electron chi connectivity index (χ4n) is 2.04. The van der Waals surface area contributed by atoms with Gasteiger partial charge >= 0.3 is 5.97 Å². The Bertz CT molecular complexity index is 902. The molecule has 7 heteroatoms. The molecule has 0 N–H and O–H groups in total. The molecule has 5 nitrogen and oxygen atoms in total. The highest BCUT2D eigenvalue weighted by atomic mass is 35.5. The third kappa shape index (κ3) is 3.28. The molecule has 2 heterocycles. The number of halogens is 1. The number of rotatable bonds is 3. The summed E-state index contributed by atoms with van der Waals surface area (Å²) in [5.41, 5.74) is 1.50. The number of fused-ring (bicyclic) bond motifs is 1. The fourth-order valence-corrected chi connectivity index (χ4v) is 2.55. The molecular weight excluding hydrogens is 334 g/mol. The van der Waals surface area contributed by atoms with Gasteiger partial charge in [0.15, 0.2) is 16.6 Å². The normalized spacial score (nSPS) is 10.7. The second-order valence-electron chi connectivity index (χ2n) is 4.72. The van der Waals surface area contributed by atoms with E-state index in [-0.39, 0.29) is 10.7 Å². The van der Waals surface area contributed by atoms with Gasteiger partial charge in [-0.2, -0.15) is 0 Å². The number of ether oxygens (including phenoxy) is 1. The maximum Gasteiger partial charge on any atom is 0.364 e. The first-order valence-electron chi connectivity index (χ1n) is 6.73.